The largest absolute Gasteiger partial charge is 0.455 e. The molecule has 0 saturated heterocycles. The predicted octanol–water partition coefficient (Wildman–Crippen LogP) is 5.57. The maximum absolute atomic E-state index is 12.7. The lowest BCUT2D eigenvalue weighted by molar-refractivity contribution is 0.102. The number of carbonyl (C=O) groups excluding carboxylic acids is 1. The summed E-state index contributed by atoms with van der Waals surface area (Å²) >= 11 is 5.91. The summed E-state index contributed by atoms with van der Waals surface area (Å²) in [4.78, 5) is 12.7. The second kappa shape index (κ2) is 7.98. The van der Waals surface area contributed by atoms with Gasteiger partial charge in [0.25, 0.3) is 5.91 Å². The second-order valence-corrected chi connectivity index (χ2v) is 6.45. The Morgan fingerprint density at radius 3 is 2.43 bits per heavy atom. The van der Waals surface area contributed by atoms with Crippen LogP contribution in [0.5, 0.6) is 11.5 Å². The summed E-state index contributed by atoms with van der Waals surface area (Å²) in [5.74, 6) is 0.983. The smallest absolute Gasteiger partial charge is 0.258 e. The molecule has 0 unspecified atom stereocenters. The van der Waals surface area contributed by atoms with E-state index in [2.05, 4.69) is 10.4 Å². The third-order valence-electron chi connectivity index (χ3n) is 4.04. The quantitative estimate of drug-likeness (QED) is 0.485. The number of hydrogen-bond acceptors (Lipinski definition) is 3. The molecule has 0 saturated carbocycles. The van der Waals surface area contributed by atoms with Gasteiger partial charge in [0.15, 0.2) is 5.75 Å². The minimum absolute atomic E-state index is 0.274. The first-order valence-corrected chi connectivity index (χ1v) is 9.01. The van der Waals surface area contributed by atoms with Gasteiger partial charge in [-0.1, -0.05) is 41.9 Å². The van der Waals surface area contributed by atoms with Crippen molar-refractivity contribution in [1.29, 1.82) is 0 Å². The van der Waals surface area contributed by atoms with Crippen molar-refractivity contribution < 1.29 is 9.53 Å². The molecule has 3 aromatic carbocycles. The fourth-order valence-electron chi connectivity index (χ4n) is 2.64. The third-order valence-corrected chi connectivity index (χ3v) is 4.29. The lowest BCUT2D eigenvalue weighted by atomic mass is 10.2. The first-order chi connectivity index (χ1) is 13.7. The highest BCUT2D eigenvalue weighted by Crippen LogP contribution is 2.29. The first kappa shape index (κ1) is 17.8. The average molecular weight is 390 g/mol. The molecule has 138 valence electrons. The molecule has 4 aromatic rings. The van der Waals surface area contributed by atoms with E-state index in [0.717, 1.165) is 5.69 Å². The average Bonchev–Trinajstić information content (AvgIpc) is 3.21. The van der Waals surface area contributed by atoms with E-state index in [4.69, 9.17) is 16.3 Å². The number of anilines is 1. The number of halogens is 1. The number of nitrogens with zero attached hydrogens (tertiary/aromatic N) is 2. The van der Waals surface area contributed by atoms with Crippen molar-refractivity contribution in [3.05, 3.63) is 102 Å². The van der Waals surface area contributed by atoms with Gasteiger partial charge < -0.3 is 10.1 Å². The first-order valence-electron chi connectivity index (χ1n) is 8.63. The van der Waals surface area contributed by atoms with E-state index >= 15 is 0 Å². The van der Waals surface area contributed by atoms with E-state index < -0.39 is 0 Å². The summed E-state index contributed by atoms with van der Waals surface area (Å²) in [6.07, 6.45) is 3.18. The summed E-state index contributed by atoms with van der Waals surface area (Å²) in [6, 6.07) is 23.9. The van der Waals surface area contributed by atoms with E-state index in [-0.39, 0.29) is 5.91 Å². The molecule has 0 spiro atoms. The van der Waals surface area contributed by atoms with E-state index in [0.29, 0.717) is 27.8 Å². The Bertz CT molecular complexity index is 1090. The van der Waals surface area contributed by atoms with Crippen LogP contribution in [0.25, 0.3) is 5.69 Å². The Kier molecular flexibility index (Phi) is 5.08. The Labute approximate surface area is 167 Å². The van der Waals surface area contributed by atoms with Crippen LogP contribution in [0.15, 0.2) is 91.3 Å². The molecule has 4 rings (SSSR count). The van der Waals surface area contributed by atoms with Gasteiger partial charge in [0.2, 0.25) is 0 Å². The lowest BCUT2D eigenvalue weighted by Gasteiger charge is -2.11. The molecule has 5 nitrogen and oxygen atoms in total. The molecule has 0 aliphatic rings. The van der Waals surface area contributed by atoms with Crippen molar-refractivity contribution in [3.8, 4) is 17.2 Å². The van der Waals surface area contributed by atoms with Gasteiger partial charge >= 0.3 is 0 Å². The standard InChI is InChI=1S/C22H16ClN3O2/c23-17-10-12-18(13-11-17)26-15-16(14-24-26)22(27)25-20-8-4-5-9-21(20)28-19-6-2-1-3-7-19/h1-15H,(H,25,27). The van der Waals surface area contributed by atoms with Crippen molar-refractivity contribution in [2.45, 2.75) is 0 Å². The van der Waals surface area contributed by atoms with Gasteiger partial charge in [-0.15, -0.1) is 0 Å². The topological polar surface area (TPSA) is 56.1 Å². The molecular weight excluding hydrogens is 374 g/mol. The highest BCUT2D eigenvalue weighted by Gasteiger charge is 2.13. The SMILES string of the molecule is O=C(Nc1ccccc1Oc1ccccc1)c1cnn(-c2ccc(Cl)cc2)c1. The van der Waals surface area contributed by atoms with Crippen LogP contribution < -0.4 is 10.1 Å². The van der Waals surface area contributed by atoms with Crippen LogP contribution in [-0.2, 0) is 0 Å². The molecule has 1 N–H and O–H groups in total. The Balaban J connectivity index is 1.52. The summed E-state index contributed by atoms with van der Waals surface area (Å²) in [5.41, 5.74) is 1.83. The fraction of sp³-hybridized carbons (Fsp3) is 0. The van der Waals surface area contributed by atoms with Gasteiger partial charge in [-0.25, -0.2) is 4.68 Å². The molecule has 0 fully saturated rings. The molecule has 0 atom stereocenters. The third kappa shape index (κ3) is 4.05. The number of nitrogens with one attached hydrogen (secondary N) is 1. The number of carbonyl (C=O) groups is 1. The Morgan fingerprint density at radius 2 is 1.64 bits per heavy atom. The van der Waals surface area contributed by atoms with Crippen LogP contribution in [0.1, 0.15) is 10.4 Å². The van der Waals surface area contributed by atoms with E-state index in [1.54, 1.807) is 35.1 Å². The monoisotopic (exact) mass is 389 g/mol. The number of hydrogen-bond donors (Lipinski definition) is 1. The normalized spacial score (nSPS) is 10.5. The van der Waals surface area contributed by atoms with Crippen LogP contribution in [0, 0.1) is 0 Å². The van der Waals surface area contributed by atoms with Crippen LogP contribution in [0.3, 0.4) is 0 Å². The van der Waals surface area contributed by atoms with Crippen molar-refractivity contribution in [3.63, 3.8) is 0 Å². The maximum atomic E-state index is 12.7. The predicted molar refractivity (Wildman–Crippen MR) is 109 cm³/mol. The van der Waals surface area contributed by atoms with Gasteiger partial charge in [0, 0.05) is 11.2 Å². The van der Waals surface area contributed by atoms with Crippen LogP contribution in [0.4, 0.5) is 5.69 Å². The van der Waals surface area contributed by atoms with E-state index in [1.807, 2.05) is 54.6 Å². The number of amides is 1. The number of ether oxygens (including phenoxy) is 1. The van der Waals surface area contributed by atoms with Crippen molar-refractivity contribution in [2.75, 3.05) is 5.32 Å². The minimum atomic E-state index is -0.274. The minimum Gasteiger partial charge on any atom is -0.455 e. The van der Waals surface area contributed by atoms with Gasteiger partial charge in [0.1, 0.15) is 5.75 Å². The zero-order valence-electron chi connectivity index (χ0n) is 14.7. The molecule has 6 heteroatoms. The molecule has 1 amide bonds. The molecular formula is C22H16ClN3O2. The number of rotatable bonds is 5. The summed E-state index contributed by atoms with van der Waals surface area (Å²) in [7, 11) is 0. The zero-order valence-corrected chi connectivity index (χ0v) is 15.5. The summed E-state index contributed by atoms with van der Waals surface area (Å²) < 4.78 is 7.51. The van der Waals surface area contributed by atoms with Crippen molar-refractivity contribution in [2.24, 2.45) is 0 Å². The van der Waals surface area contributed by atoms with Gasteiger partial charge in [-0.2, -0.15) is 5.10 Å². The fourth-order valence-corrected chi connectivity index (χ4v) is 2.77. The highest BCUT2D eigenvalue weighted by atomic mass is 35.5. The number of para-hydroxylation sites is 3. The van der Waals surface area contributed by atoms with Gasteiger partial charge in [0.05, 0.1) is 23.1 Å². The van der Waals surface area contributed by atoms with Crippen molar-refractivity contribution >= 4 is 23.2 Å². The van der Waals surface area contributed by atoms with Gasteiger partial charge in [-0.3, -0.25) is 4.79 Å². The molecule has 0 bridgehead atoms. The maximum Gasteiger partial charge on any atom is 0.258 e. The molecule has 0 radical (unpaired) electrons. The zero-order chi connectivity index (χ0) is 19.3. The summed E-state index contributed by atoms with van der Waals surface area (Å²) in [5, 5.41) is 7.78. The van der Waals surface area contributed by atoms with E-state index in [1.165, 1.54) is 6.20 Å². The molecule has 0 aliphatic carbocycles. The highest BCUT2D eigenvalue weighted by molar-refractivity contribution is 6.30. The van der Waals surface area contributed by atoms with Crippen LogP contribution in [-0.4, -0.2) is 15.7 Å². The van der Waals surface area contributed by atoms with Crippen molar-refractivity contribution in [1.82, 2.24) is 9.78 Å². The molecule has 28 heavy (non-hydrogen) atoms. The second-order valence-electron chi connectivity index (χ2n) is 6.02. The number of benzene rings is 3. The van der Waals surface area contributed by atoms with Gasteiger partial charge in [-0.05, 0) is 48.5 Å². The Hall–Kier alpha value is -3.57. The van der Waals surface area contributed by atoms with Crippen LogP contribution in [0.2, 0.25) is 5.02 Å². The van der Waals surface area contributed by atoms with E-state index in [9.17, 15) is 4.79 Å². The summed E-state index contributed by atoms with van der Waals surface area (Å²) in [6.45, 7) is 0. The molecule has 1 aromatic heterocycles. The van der Waals surface area contributed by atoms with Crippen LogP contribution >= 0.6 is 11.6 Å². The number of aromatic nitrogens is 2. The lowest BCUT2D eigenvalue weighted by Crippen LogP contribution is -2.11. The Morgan fingerprint density at radius 1 is 0.929 bits per heavy atom. The molecule has 1 heterocycles. The molecule has 0 aliphatic heterocycles.